The normalized spacial score (nSPS) is 12.4. The standard InChI is InChI=1S/C24H26FN3O6S2/c1-4-34-22-13-11-21(12-14-22)28(35(3,30)31)17(2)24(29)26-19-9-15-23(16-10-19)36(32,33)27-20-7-5-18(25)6-8-20/h5-17,27H,4H2,1-3H3,(H,26,29)/t17-/m1/s1. The Morgan fingerprint density at radius 1 is 0.917 bits per heavy atom. The van der Waals surface area contributed by atoms with Crippen molar-refractivity contribution in [1.82, 2.24) is 0 Å². The fourth-order valence-electron chi connectivity index (χ4n) is 3.36. The molecule has 0 aliphatic carbocycles. The summed E-state index contributed by atoms with van der Waals surface area (Å²) >= 11 is 0. The average Bonchev–Trinajstić information content (AvgIpc) is 2.81. The maximum atomic E-state index is 13.1. The van der Waals surface area contributed by atoms with Gasteiger partial charge in [0.2, 0.25) is 15.9 Å². The Bertz CT molecular complexity index is 1410. The molecule has 0 heterocycles. The lowest BCUT2D eigenvalue weighted by atomic mass is 10.2. The number of carbonyl (C=O) groups excluding carboxylic acids is 1. The van der Waals surface area contributed by atoms with E-state index in [1.54, 1.807) is 24.3 Å². The Labute approximate surface area is 210 Å². The molecular weight excluding hydrogens is 509 g/mol. The van der Waals surface area contributed by atoms with Gasteiger partial charge in [-0.25, -0.2) is 21.2 Å². The smallest absolute Gasteiger partial charge is 0.261 e. The summed E-state index contributed by atoms with van der Waals surface area (Å²) < 4.78 is 71.9. The number of nitrogens with one attached hydrogen (secondary N) is 2. The van der Waals surface area contributed by atoms with E-state index in [1.807, 2.05) is 6.92 Å². The minimum atomic E-state index is -3.95. The molecule has 0 spiro atoms. The van der Waals surface area contributed by atoms with Crippen LogP contribution in [0.5, 0.6) is 5.75 Å². The molecule has 3 aromatic carbocycles. The van der Waals surface area contributed by atoms with Crippen molar-refractivity contribution in [2.75, 3.05) is 27.2 Å². The van der Waals surface area contributed by atoms with Crippen molar-refractivity contribution < 1.29 is 30.8 Å². The Kier molecular flexibility index (Phi) is 8.21. The summed E-state index contributed by atoms with van der Waals surface area (Å²) in [6, 6.07) is 15.4. The number of sulfonamides is 2. The number of anilines is 3. The number of hydrogen-bond acceptors (Lipinski definition) is 6. The summed E-state index contributed by atoms with van der Waals surface area (Å²) in [6.07, 6.45) is 1.00. The Morgan fingerprint density at radius 2 is 1.47 bits per heavy atom. The molecular formula is C24H26FN3O6S2. The Balaban J connectivity index is 1.74. The number of benzene rings is 3. The largest absolute Gasteiger partial charge is 0.494 e. The van der Waals surface area contributed by atoms with E-state index in [2.05, 4.69) is 10.0 Å². The van der Waals surface area contributed by atoms with Crippen molar-refractivity contribution in [1.29, 1.82) is 0 Å². The van der Waals surface area contributed by atoms with Gasteiger partial charge in [0, 0.05) is 11.4 Å². The highest BCUT2D eigenvalue weighted by molar-refractivity contribution is 7.92. The molecule has 0 saturated heterocycles. The molecule has 0 fully saturated rings. The molecule has 0 radical (unpaired) electrons. The molecule has 36 heavy (non-hydrogen) atoms. The van der Waals surface area contributed by atoms with Crippen molar-refractivity contribution in [2.45, 2.75) is 24.8 Å². The second kappa shape index (κ2) is 11.0. The minimum Gasteiger partial charge on any atom is -0.494 e. The summed E-state index contributed by atoms with van der Waals surface area (Å²) in [7, 11) is -7.76. The average molecular weight is 536 g/mol. The number of amides is 1. The van der Waals surface area contributed by atoms with Gasteiger partial charge in [-0.2, -0.15) is 0 Å². The van der Waals surface area contributed by atoms with Crippen LogP contribution in [-0.4, -0.2) is 41.6 Å². The number of rotatable bonds is 10. The highest BCUT2D eigenvalue weighted by Crippen LogP contribution is 2.25. The summed E-state index contributed by atoms with van der Waals surface area (Å²) in [5.74, 6) is -0.547. The van der Waals surface area contributed by atoms with Crippen LogP contribution >= 0.6 is 0 Å². The quantitative estimate of drug-likeness (QED) is 0.407. The Hall–Kier alpha value is -3.64. The SMILES string of the molecule is CCOc1ccc(N([C@H](C)C(=O)Nc2ccc(S(=O)(=O)Nc3ccc(F)cc3)cc2)S(C)(=O)=O)cc1. The summed E-state index contributed by atoms with van der Waals surface area (Å²) in [5, 5.41) is 2.60. The molecule has 3 aromatic rings. The molecule has 9 nitrogen and oxygen atoms in total. The van der Waals surface area contributed by atoms with Gasteiger partial charge in [-0.1, -0.05) is 0 Å². The van der Waals surface area contributed by atoms with E-state index in [9.17, 15) is 26.0 Å². The Morgan fingerprint density at radius 3 is 2.00 bits per heavy atom. The van der Waals surface area contributed by atoms with Gasteiger partial charge in [0.25, 0.3) is 10.0 Å². The van der Waals surface area contributed by atoms with Gasteiger partial charge in [0.05, 0.1) is 23.4 Å². The molecule has 0 aliphatic rings. The molecule has 3 rings (SSSR count). The lowest BCUT2D eigenvalue weighted by Crippen LogP contribution is -2.45. The minimum absolute atomic E-state index is 0.0787. The molecule has 1 atom stereocenters. The molecule has 12 heteroatoms. The van der Waals surface area contributed by atoms with Gasteiger partial charge in [-0.05, 0) is 86.6 Å². The van der Waals surface area contributed by atoms with Crippen molar-refractivity contribution >= 4 is 43.0 Å². The maximum absolute atomic E-state index is 13.1. The highest BCUT2D eigenvalue weighted by Gasteiger charge is 2.29. The first-order valence-corrected chi connectivity index (χ1v) is 14.2. The van der Waals surface area contributed by atoms with Gasteiger partial charge >= 0.3 is 0 Å². The first kappa shape index (κ1) is 27.0. The van der Waals surface area contributed by atoms with Crippen LogP contribution in [0.25, 0.3) is 0 Å². The van der Waals surface area contributed by atoms with Crippen molar-refractivity contribution in [2.24, 2.45) is 0 Å². The molecule has 1 amide bonds. The molecule has 0 aliphatic heterocycles. The van der Waals surface area contributed by atoms with Gasteiger partial charge in [-0.15, -0.1) is 0 Å². The zero-order chi connectivity index (χ0) is 26.5. The highest BCUT2D eigenvalue weighted by atomic mass is 32.2. The zero-order valence-electron chi connectivity index (χ0n) is 19.8. The monoisotopic (exact) mass is 535 g/mol. The van der Waals surface area contributed by atoms with E-state index < -0.39 is 37.8 Å². The topological polar surface area (TPSA) is 122 Å². The molecule has 0 unspecified atom stereocenters. The van der Waals surface area contributed by atoms with Gasteiger partial charge < -0.3 is 10.1 Å². The van der Waals surface area contributed by atoms with Gasteiger partial charge in [0.1, 0.15) is 17.6 Å². The van der Waals surface area contributed by atoms with E-state index in [1.165, 1.54) is 43.3 Å². The molecule has 192 valence electrons. The zero-order valence-corrected chi connectivity index (χ0v) is 21.4. The fourth-order valence-corrected chi connectivity index (χ4v) is 5.59. The lowest BCUT2D eigenvalue weighted by molar-refractivity contribution is -0.116. The second-order valence-corrected chi connectivity index (χ2v) is 11.3. The molecule has 2 N–H and O–H groups in total. The van der Waals surface area contributed by atoms with Crippen LogP contribution in [0.15, 0.2) is 77.7 Å². The summed E-state index contributed by atoms with van der Waals surface area (Å²) in [6.45, 7) is 3.72. The van der Waals surface area contributed by atoms with Crippen LogP contribution in [0, 0.1) is 5.82 Å². The number of ether oxygens (including phenoxy) is 1. The third-order valence-electron chi connectivity index (χ3n) is 5.02. The van der Waals surface area contributed by atoms with Crippen molar-refractivity contribution in [3.05, 3.63) is 78.6 Å². The van der Waals surface area contributed by atoms with E-state index in [0.29, 0.717) is 12.4 Å². The van der Waals surface area contributed by atoms with Crippen LogP contribution < -0.4 is 19.1 Å². The lowest BCUT2D eigenvalue weighted by Gasteiger charge is -2.28. The first-order chi connectivity index (χ1) is 16.9. The van der Waals surface area contributed by atoms with Crippen LogP contribution in [0.1, 0.15) is 13.8 Å². The molecule has 0 bridgehead atoms. The second-order valence-electron chi connectivity index (χ2n) is 7.79. The van der Waals surface area contributed by atoms with Crippen molar-refractivity contribution in [3.63, 3.8) is 0 Å². The van der Waals surface area contributed by atoms with E-state index >= 15 is 0 Å². The maximum Gasteiger partial charge on any atom is 0.261 e. The van der Waals surface area contributed by atoms with E-state index in [0.717, 1.165) is 22.7 Å². The molecule has 0 saturated carbocycles. The third-order valence-corrected chi connectivity index (χ3v) is 7.66. The van der Waals surface area contributed by atoms with Crippen LogP contribution in [0.3, 0.4) is 0 Å². The number of carbonyl (C=O) groups is 1. The van der Waals surface area contributed by atoms with Crippen LogP contribution in [0.2, 0.25) is 0 Å². The van der Waals surface area contributed by atoms with E-state index in [4.69, 9.17) is 4.74 Å². The number of nitrogens with zero attached hydrogens (tertiary/aromatic N) is 1. The molecule has 0 aromatic heterocycles. The van der Waals surface area contributed by atoms with Gasteiger partial charge in [-0.3, -0.25) is 13.8 Å². The van der Waals surface area contributed by atoms with E-state index in [-0.39, 0.29) is 22.0 Å². The third kappa shape index (κ3) is 6.73. The predicted octanol–water partition coefficient (Wildman–Crippen LogP) is 3.82. The van der Waals surface area contributed by atoms with Crippen LogP contribution in [-0.2, 0) is 24.8 Å². The number of halogens is 1. The number of hydrogen-bond donors (Lipinski definition) is 2. The fraction of sp³-hybridized carbons (Fsp3) is 0.208. The summed E-state index contributed by atoms with van der Waals surface area (Å²) in [4.78, 5) is 12.8. The van der Waals surface area contributed by atoms with Crippen LogP contribution in [0.4, 0.5) is 21.5 Å². The summed E-state index contributed by atoms with van der Waals surface area (Å²) in [5.41, 5.74) is 0.752. The van der Waals surface area contributed by atoms with Gasteiger partial charge in [0.15, 0.2) is 0 Å². The first-order valence-electron chi connectivity index (χ1n) is 10.8. The predicted molar refractivity (Wildman–Crippen MR) is 137 cm³/mol. The van der Waals surface area contributed by atoms with Crippen molar-refractivity contribution in [3.8, 4) is 5.75 Å².